The van der Waals surface area contributed by atoms with Gasteiger partial charge in [0.25, 0.3) is 5.56 Å². The average molecular weight is 348 g/mol. The first kappa shape index (κ1) is 17.6. The lowest BCUT2D eigenvalue weighted by Gasteiger charge is -2.27. The van der Waals surface area contributed by atoms with Gasteiger partial charge in [0.05, 0.1) is 19.6 Å². The van der Waals surface area contributed by atoms with Crippen LogP contribution in [0.1, 0.15) is 32.5 Å². The molecule has 2 aromatic rings. The molecule has 3 heterocycles. The van der Waals surface area contributed by atoms with Crippen LogP contribution in [0.3, 0.4) is 0 Å². The zero-order valence-corrected chi connectivity index (χ0v) is 15.3. The van der Waals surface area contributed by atoms with Crippen molar-refractivity contribution in [2.24, 2.45) is 20.0 Å². The Kier molecular flexibility index (Phi) is 4.64. The molecule has 0 amide bonds. The number of hydrogen-bond acceptors (Lipinski definition) is 4. The predicted octanol–water partition coefficient (Wildman–Crippen LogP) is -1.16. The average Bonchev–Trinajstić information content (AvgIpc) is 2.91. The summed E-state index contributed by atoms with van der Waals surface area (Å²) in [6, 6.07) is 0. The Balaban J connectivity index is 2.12. The molecule has 1 N–H and O–H groups in total. The van der Waals surface area contributed by atoms with Gasteiger partial charge in [0.2, 0.25) is 0 Å². The van der Waals surface area contributed by atoms with E-state index in [0.29, 0.717) is 23.5 Å². The maximum absolute atomic E-state index is 12.6. The number of ketones is 1. The van der Waals surface area contributed by atoms with Crippen molar-refractivity contribution in [1.82, 2.24) is 18.7 Å². The second-order valence-electron chi connectivity index (χ2n) is 7.30. The standard InChI is InChI=1S/C17H25N5O3/c1-11-5-7-21(8-6-11)10-13-18-15-14(22(13)9-12(2)23)16(24)20(4)17(25)19(15)3/h11H,5-10H2,1-4H3/p+1. The number of fused-ring (bicyclic) bond motifs is 1. The highest BCUT2D eigenvalue weighted by Gasteiger charge is 2.25. The van der Waals surface area contributed by atoms with Crippen molar-refractivity contribution in [3.63, 3.8) is 0 Å². The summed E-state index contributed by atoms with van der Waals surface area (Å²) in [7, 11) is 3.06. The van der Waals surface area contributed by atoms with E-state index < -0.39 is 11.2 Å². The molecular weight excluding hydrogens is 322 g/mol. The van der Waals surface area contributed by atoms with E-state index >= 15 is 0 Å². The molecular formula is C17H26N5O3+. The van der Waals surface area contributed by atoms with Crippen LogP contribution in [0.25, 0.3) is 11.2 Å². The molecule has 0 unspecified atom stereocenters. The number of likely N-dealkylation sites (tertiary alicyclic amines) is 1. The lowest BCUT2D eigenvalue weighted by molar-refractivity contribution is -0.920. The molecule has 1 saturated heterocycles. The maximum Gasteiger partial charge on any atom is 0.332 e. The van der Waals surface area contributed by atoms with E-state index in [1.807, 2.05) is 0 Å². The van der Waals surface area contributed by atoms with E-state index in [0.717, 1.165) is 23.6 Å². The normalized spacial score (nSPS) is 21.0. The van der Waals surface area contributed by atoms with Gasteiger partial charge in [-0.3, -0.25) is 18.7 Å². The molecule has 3 rings (SSSR count). The van der Waals surface area contributed by atoms with Gasteiger partial charge in [-0.2, -0.15) is 0 Å². The molecule has 1 aliphatic rings. The molecule has 0 spiro atoms. The topological polar surface area (TPSA) is 83.3 Å². The number of imidazole rings is 1. The van der Waals surface area contributed by atoms with Crippen LogP contribution < -0.4 is 16.1 Å². The number of aryl methyl sites for hydroxylation is 1. The summed E-state index contributed by atoms with van der Waals surface area (Å²) < 4.78 is 4.15. The quantitative estimate of drug-likeness (QED) is 0.755. The molecule has 2 aromatic heterocycles. The highest BCUT2D eigenvalue weighted by molar-refractivity contribution is 5.79. The maximum atomic E-state index is 12.6. The molecule has 8 heteroatoms. The summed E-state index contributed by atoms with van der Waals surface area (Å²) in [5.74, 6) is 1.40. The van der Waals surface area contributed by atoms with E-state index in [4.69, 9.17) is 0 Å². The molecule has 1 aliphatic heterocycles. The second kappa shape index (κ2) is 6.59. The number of rotatable bonds is 4. The summed E-state index contributed by atoms with van der Waals surface area (Å²) in [6.45, 7) is 6.64. The zero-order chi connectivity index (χ0) is 18.3. The van der Waals surface area contributed by atoms with Crippen molar-refractivity contribution in [1.29, 1.82) is 0 Å². The van der Waals surface area contributed by atoms with Crippen LogP contribution in [0.4, 0.5) is 0 Å². The van der Waals surface area contributed by atoms with E-state index in [-0.39, 0.29) is 12.3 Å². The minimum absolute atomic E-state index is 0.0428. The molecule has 0 saturated carbocycles. The van der Waals surface area contributed by atoms with E-state index in [1.165, 1.54) is 36.3 Å². The number of nitrogens with zero attached hydrogens (tertiary/aromatic N) is 4. The highest BCUT2D eigenvalue weighted by atomic mass is 16.2. The van der Waals surface area contributed by atoms with Crippen LogP contribution in [0.5, 0.6) is 0 Å². The van der Waals surface area contributed by atoms with E-state index in [1.54, 1.807) is 11.6 Å². The lowest BCUT2D eigenvalue weighted by atomic mass is 9.99. The van der Waals surface area contributed by atoms with Gasteiger partial charge in [-0.05, 0) is 25.7 Å². The number of Topliss-reactive ketones (excluding diaryl/α,β-unsaturated/α-hetero) is 1. The third-order valence-electron chi connectivity index (χ3n) is 5.20. The van der Waals surface area contributed by atoms with Gasteiger partial charge in [0.1, 0.15) is 12.3 Å². The van der Waals surface area contributed by atoms with Crippen molar-refractivity contribution in [3.8, 4) is 0 Å². The molecule has 136 valence electrons. The van der Waals surface area contributed by atoms with Gasteiger partial charge in [-0.25, -0.2) is 9.78 Å². The number of piperidine rings is 1. The predicted molar refractivity (Wildman–Crippen MR) is 93.7 cm³/mol. The van der Waals surface area contributed by atoms with Crippen LogP contribution in [0.15, 0.2) is 9.59 Å². The second-order valence-corrected chi connectivity index (χ2v) is 7.30. The van der Waals surface area contributed by atoms with Gasteiger partial charge in [-0.1, -0.05) is 6.92 Å². The van der Waals surface area contributed by atoms with Crippen molar-refractivity contribution in [3.05, 3.63) is 26.7 Å². The zero-order valence-electron chi connectivity index (χ0n) is 15.3. The van der Waals surface area contributed by atoms with Gasteiger partial charge in [0.15, 0.2) is 17.0 Å². The lowest BCUT2D eigenvalue weighted by Crippen LogP contribution is -3.11. The Bertz CT molecular complexity index is 928. The number of carbonyl (C=O) groups excluding carboxylic acids is 1. The van der Waals surface area contributed by atoms with Crippen molar-refractivity contribution >= 4 is 16.9 Å². The number of hydrogen-bond donors (Lipinski definition) is 1. The fourth-order valence-corrected chi connectivity index (χ4v) is 3.59. The molecule has 1 fully saturated rings. The largest absolute Gasteiger partial charge is 0.332 e. The first-order chi connectivity index (χ1) is 11.8. The highest BCUT2D eigenvalue weighted by Crippen LogP contribution is 2.12. The minimum Gasteiger partial charge on any atom is -0.329 e. The summed E-state index contributed by atoms with van der Waals surface area (Å²) in [5, 5.41) is 0. The monoisotopic (exact) mass is 348 g/mol. The Hall–Kier alpha value is -2.22. The molecule has 0 aliphatic carbocycles. The van der Waals surface area contributed by atoms with Gasteiger partial charge < -0.3 is 9.47 Å². The van der Waals surface area contributed by atoms with Crippen molar-refractivity contribution < 1.29 is 9.69 Å². The number of quaternary nitrogens is 1. The van der Waals surface area contributed by atoms with Gasteiger partial charge >= 0.3 is 5.69 Å². The minimum atomic E-state index is -0.407. The summed E-state index contributed by atoms with van der Waals surface area (Å²) in [6.07, 6.45) is 2.34. The van der Waals surface area contributed by atoms with Crippen LogP contribution in [0.2, 0.25) is 0 Å². The van der Waals surface area contributed by atoms with E-state index in [2.05, 4.69) is 11.9 Å². The SMILES string of the molecule is CC(=O)Cn1c(C[NH+]2CCC(C)CC2)nc2c1c(=O)n(C)c(=O)n2C. The Morgan fingerprint density at radius 2 is 1.84 bits per heavy atom. The Labute approximate surface area is 145 Å². The van der Waals surface area contributed by atoms with Crippen LogP contribution in [-0.2, 0) is 32.0 Å². The first-order valence-electron chi connectivity index (χ1n) is 8.77. The number of nitrogens with one attached hydrogen (secondary N) is 1. The number of carbonyl (C=O) groups is 1. The molecule has 0 atom stereocenters. The summed E-state index contributed by atoms with van der Waals surface area (Å²) in [4.78, 5) is 42.5. The van der Waals surface area contributed by atoms with Crippen molar-refractivity contribution in [2.75, 3.05) is 13.1 Å². The molecule has 0 aromatic carbocycles. The third kappa shape index (κ3) is 3.18. The Morgan fingerprint density at radius 1 is 1.20 bits per heavy atom. The third-order valence-corrected chi connectivity index (χ3v) is 5.20. The summed E-state index contributed by atoms with van der Waals surface area (Å²) >= 11 is 0. The summed E-state index contributed by atoms with van der Waals surface area (Å²) in [5.41, 5.74) is -0.121. The first-order valence-corrected chi connectivity index (χ1v) is 8.77. The molecule has 25 heavy (non-hydrogen) atoms. The van der Waals surface area contributed by atoms with Gasteiger partial charge in [-0.15, -0.1) is 0 Å². The smallest absolute Gasteiger partial charge is 0.329 e. The fourth-order valence-electron chi connectivity index (χ4n) is 3.59. The fraction of sp³-hybridized carbons (Fsp3) is 0.647. The molecule has 0 bridgehead atoms. The van der Waals surface area contributed by atoms with Crippen molar-refractivity contribution in [2.45, 2.75) is 39.8 Å². The van der Waals surface area contributed by atoms with Crippen LogP contribution >= 0.6 is 0 Å². The van der Waals surface area contributed by atoms with Crippen LogP contribution in [0, 0.1) is 5.92 Å². The molecule has 8 nitrogen and oxygen atoms in total. The Morgan fingerprint density at radius 3 is 2.44 bits per heavy atom. The van der Waals surface area contributed by atoms with E-state index in [9.17, 15) is 14.4 Å². The van der Waals surface area contributed by atoms with Gasteiger partial charge in [0, 0.05) is 14.1 Å². The molecule has 0 radical (unpaired) electrons. The number of aromatic nitrogens is 4. The van der Waals surface area contributed by atoms with Crippen LogP contribution in [-0.4, -0.2) is 37.6 Å².